The van der Waals surface area contributed by atoms with Crippen LogP contribution in [0.4, 0.5) is 0 Å². The molecule has 1 spiro atoms. The van der Waals surface area contributed by atoms with Crippen LogP contribution >= 0.6 is 0 Å². The normalized spacial score (nSPS) is 22.2. The molecule has 2 aliphatic heterocycles. The van der Waals surface area contributed by atoms with Crippen molar-refractivity contribution in [3.05, 3.63) is 40.7 Å². The largest absolute Gasteiger partial charge is 0.456 e. The molecule has 162 valence electrons. The lowest BCUT2D eigenvalue weighted by molar-refractivity contribution is -0.136. The van der Waals surface area contributed by atoms with Gasteiger partial charge in [-0.05, 0) is 38.8 Å². The molecule has 2 aromatic heterocycles. The number of aromatic nitrogens is 1. The first kappa shape index (κ1) is 20.7. The second-order valence-corrected chi connectivity index (χ2v) is 8.29. The van der Waals surface area contributed by atoms with Gasteiger partial charge in [-0.1, -0.05) is 12.1 Å². The second-order valence-electron chi connectivity index (χ2n) is 8.29. The van der Waals surface area contributed by atoms with E-state index in [1.165, 1.54) is 0 Å². The minimum Gasteiger partial charge on any atom is -0.456 e. The summed E-state index contributed by atoms with van der Waals surface area (Å²) in [7, 11) is 0. The van der Waals surface area contributed by atoms with Gasteiger partial charge in [0.2, 0.25) is 5.91 Å². The van der Waals surface area contributed by atoms with Gasteiger partial charge >= 0.3 is 0 Å². The van der Waals surface area contributed by atoms with E-state index in [2.05, 4.69) is 12.1 Å². The molecule has 2 amide bonds. The van der Waals surface area contributed by atoms with Gasteiger partial charge in [-0.15, -0.1) is 0 Å². The zero-order valence-corrected chi connectivity index (χ0v) is 17.9. The molecule has 1 atom stereocenters. The molecule has 0 aromatic carbocycles. The lowest BCUT2D eigenvalue weighted by Gasteiger charge is -2.40. The number of amides is 2. The quantitative estimate of drug-likeness (QED) is 0.746. The highest BCUT2D eigenvalue weighted by Crippen LogP contribution is 2.31. The Balaban J connectivity index is 1.53. The van der Waals surface area contributed by atoms with Crippen molar-refractivity contribution in [2.45, 2.75) is 52.0 Å². The summed E-state index contributed by atoms with van der Waals surface area (Å²) in [6, 6.07) is 3.53. The van der Waals surface area contributed by atoms with Crippen LogP contribution in [0.25, 0.3) is 0 Å². The molecule has 0 bridgehead atoms. The van der Waals surface area contributed by atoms with Crippen LogP contribution in [0.15, 0.2) is 21.1 Å². The molecular weight excluding hydrogens is 386 g/mol. The number of rotatable bonds is 5. The molecule has 0 saturated carbocycles. The van der Waals surface area contributed by atoms with Crippen molar-refractivity contribution in [1.82, 2.24) is 15.0 Å². The fourth-order valence-electron chi connectivity index (χ4n) is 4.51. The predicted octanol–water partition coefficient (Wildman–Crippen LogP) is 2.72. The number of hydrogen-bond acceptors (Lipinski definition) is 6. The van der Waals surface area contributed by atoms with Crippen LogP contribution in [-0.4, -0.2) is 65.2 Å². The fourth-order valence-corrected chi connectivity index (χ4v) is 4.51. The summed E-state index contributed by atoms with van der Waals surface area (Å²) >= 11 is 0. The van der Waals surface area contributed by atoms with Crippen molar-refractivity contribution in [2.24, 2.45) is 0 Å². The highest BCUT2D eigenvalue weighted by Gasteiger charge is 2.47. The van der Waals surface area contributed by atoms with E-state index in [1.54, 1.807) is 11.0 Å². The Morgan fingerprint density at radius 2 is 2.13 bits per heavy atom. The van der Waals surface area contributed by atoms with Crippen molar-refractivity contribution in [3.63, 3.8) is 0 Å². The van der Waals surface area contributed by atoms with Gasteiger partial charge in [0.05, 0.1) is 17.8 Å². The number of ether oxygens (including phenoxy) is 1. The average molecular weight is 415 g/mol. The van der Waals surface area contributed by atoms with Crippen LogP contribution in [0.5, 0.6) is 0 Å². The Morgan fingerprint density at radius 1 is 1.30 bits per heavy atom. The fraction of sp³-hybridized carbons (Fsp3) is 0.591. The highest BCUT2D eigenvalue weighted by atomic mass is 16.5. The summed E-state index contributed by atoms with van der Waals surface area (Å²) in [5.41, 5.74) is 1.36. The SMILES string of the molecule is CCCN1C(=O)CCN(C(=O)c2ccc(Cc3c(C)noc3C)o2)CC12CCOC2. The molecule has 4 rings (SSSR count). The van der Waals surface area contributed by atoms with Gasteiger partial charge in [0.25, 0.3) is 5.91 Å². The Kier molecular flexibility index (Phi) is 5.69. The van der Waals surface area contributed by atoms with Crippen molar-refractivity contribution in [2.75, 3.05) is 32.8 Å². The molecule has 2 aliphatic rings. The molecule has 0 N–H and O–H groups in total. The summed E-state index contributed by atoms with van der Waals surface area (Å²) in [5.74, 6) is 1.64. The number of nitrogens with zero attached hydrogens (tertiary/aromatic N) is 3. The number of furan rings is 1. The van der Waals surface area contributed by atoms with Crippen molar-refractivity contribution >= 4 is 11.8 Å². The third-order valence-electron chi connectivity index (χ3n) is 6.18. The topological polar surface area (TPSA) is 89.0 Å². The van der Waals surface area contributed by atoms with Gasteiger partial charge in [-0.25, -0.2) is 0 Å². The summed E-state index contributed by atoms with van der Waals surface area (Å²) in [4.78, 5) is 29.7. The number of carbonyl (C=O) groups is 2. The van der Waals surface area contributed by atoms with Crippen molar-refractivity contribution in [1.29, 1.82) is 0 Å². The Hall–Kier alpha value is -2.61. The van der Waals surface area contributed by atoms with Crippen molar-refractivity contribution in [3.8, 4) is 0 Å². The highest BCUT2D eigenvalue weighted by molar-refractivity contribution is 5.92. The summed E-state index contributed by atoms with van der Waals surface area (Å²) in [6.45, 7) is 8.44. The second kappa shape index (κ2) is 8.26. The number of carbonyl (C=O) groups excluding carboxylic acids is 2. The van der Waals surface area contributed by atoms with E-state index in [-0.39, 0.29) is 11.8 Å². The molecule has 1 unspecified atom stereocenters. The van der Waals surface area contributed by atoms with Gasteiger partial charge in [0.15, 0.2) is 5.76 Å². The smallest absolute Gasteiger partial charge is 0.289 e. The van der Waals surface area contributed by atoms with Gasteiger partial charge in [-0.2, -0.15) is 0 Å². The minimum absolute atomic E-state index is 0.0937. The van der Waals surface area contributed by atoms with Crippen LogP contribution in [0.3, 0.4) is 0 Å². The summed E-state index contributed by atoms with van der Waals surface area (Å²) < 4.78 is 16.8. The molecule has 8 heteroatoms. The van der Waals surface area contributed by atoms with E-state index in [9.17, 15) is 9.59 Å². The zero-order chi connectivity index (χ0) is 21.3. The molecule has 2 saturated heterocycles. The lowest BCUT2D eigenvalue weighted by Crippen LogP contribution is -2.57. The average Bonchev–Trinajstić information content (AvgIpc) is 3.44. The first-order valence-electron chi connectivity index (χ1n) is 10.6. The minimum atomic E-state index is -0.439. The molecule has 4 heterocycles. The summed E-state index contributed by atoms with van der Waals surface area (Å²) in [6.07, 6.45) is 2.47. The molecule has 30 heavy (non-hydrogen) atoms. The van der Waals surface area contributed by atoms with E-state index >= 15 is 0 Å². The lowest BCUT2D eigenvalue weighted by atomic mass is 9.95. The van der Waals surface area contributed by atoms with Gasteiger partial charge in [-0.3, -0.25) is 9.59 Å². The maximum absolute atomic E-state index is 13.2. The molecule has 2 fully saturated rings. The van der Waals surface area contributed by atoms with Gasteiger partial charge in [0, 0.05) is 44.6 Å². The van der Waals surface area contributed by atoms with E-state index < -0.39 is 5.54 Å². The zero-order valence-electron chi connectivity index (χ0n) is 17.9. The maximum Gasteiger partial charge on any atom is 0.289 e. The first-order valence-corrected chi connectivity index (χ1v) is 10.6. The summed E-state index contributed by atoms with van der Waals surface area (Å²) in [5, 5.41) is 3.97. The van der Waals surface area contributed by atoms with E-state index in [0.29, 0.717) is 57.2 Å². The number of aryl methyl sites for hydroxylation is 2. The van der Waals surface area contributed by atoms with Crippen LogP contribution in [-0.2, 0) is 16.0 Å². The number of hydrogen-bond donors (Lipinski definition) is 0. The van der Waals surface area contributed by atoms with Gasteiger partial charge in [0.1, 0.15) is 11.5 Å². The molecule has 2 aromatic rings. The Bertz CT molecular complexity index is 906. The predicted molar refractivity (Wildman–Crippen MR) is 108 cm³/mol. The standard InChI is InChI=1S/C22H29N3O5/c1-4-9-25-20(26)7-10-24(13-22(25)8-11-28-14-22)21(27)19-6-5-17(29-19)12-18-15(2)23-30-16(18)3/h5-6H,4,7-14H2,1-3H3. The van der Waals surface area contributed by atoms with Crippen LogP contribution in [0.1, 0.15) is 59.5 Å². The van der Waals surface area contributed by atoms with E-state index in [0.717, 1.165) is 29.9 Å². The third-order valence-corrected chi connectivity index (χ3v) is 6.18. The Labute approximate surface area is 176 Å². The Morgan fingerprint density at radius 3 is 2.80 bits per heavy atom. The third kappa shape index (κ3) is 3.76. The molecule has 8 nitrogen and oxygen atoms in total. The van der Waals surface area contributed by atoms with Crippen LogP contribution in [0, 0.1) is 13.8 Å². The van der Waals surface area contributed by atoms with Gasteiger partial charge < -0.3 is 23.5 Å². The van der Waals surface area contributed by atoms with Crippen molar-refractivity contribution < 1.29 is 23.3 Å². The molecule has 0 radical (unpaired) electrons. The first-order chi connectivity index (χ1) is 14.4. The van der Waals surface area contributed by atoms with Crippen LogP contribution < -0.4 is 0 Å². The monoisotopic (exact) mass is 415 g/mol. The van der Waals surface area contributed by atoms with Crippen LogP contribution in [0.2, 0.25) is 0 Å². The molecular formula is C22H29N3O5. The molecule has 0 aliphatic carbocycles. The van der Waals surface area contributed by atoms with E-state index in [4.69, 9.17) is 13.7 Å². The maximum atomic E-state index is 13.2. The van der Waals surface area contributed by atoms with E-state index in [1.807, 2.05) is 24.8 Å².